The number of hydrogen-bond acceptors (Lipinski definition) is 4. The van der Waals surface area contributed by atoms with Crippen molar-refractivity contribution < 1.29 is 14.3 Å². The molecule has 108 valence electrons. The van der Waals surface area contributed by atoms with Crippen molar-refractivity contribution in [2.75, 3.05) is 20.2 Å². The van der Waals surface area contributed by atoms with Gasteiger partial charge in [0.25, 0.3) is 0 Å². The number of nitrogens with zero attached hydrogens (tertiary/aromatic N) is 1. The predicted octanol–water partition coefficient (Wildman–Crippen LogP) is 1.07. The molecule has 0 bridgehead atoms. The van der Waals surface area contributed by atoms with E-state index in [0.717, 1.165) is 38.6 Å². The van der Waals surface area contributed by atoms with Gasteiger partial charge in [0.05, 0.1) is 12.6 Å². The van der Waals surface area contributed by atoms with E-state index in [1.165, 1.54) is 7.11 Å². The molecule has 2 unspecified atom stereocenters. The van der Waals surface area contributed by atoms with Crippen LogP contribution in [0.2, 0.25) is 0 Å². The number of amides is 1. The molecule has 0 aromatic heterocycles. The fraction of sp³-hybridized carbons (Fsp3) is 0.857. The van der Waals surface area contributed by atoms with E-state index in [0.29, 0.717) is 13.0 Å². The van der Waals surface area contributed by atoms with Gasteiger partial charge in [-0.25, -0.2) is 4.79 Å². The second-order valence-corrected chi connectivity index (χ2v) is 5.75. The summed E-state index contributed by atoms with van der Waals surface area (Å²) in [5.41, 5.74) is -0.512. The lowest BCUT2D eigenvalue weighted by molar-refractivity contribution is -0.157. The molecule has 2 heterocycles. The van der Waals surface area contributed by atoms with Crippen molar-refractivity contribution >= 4 is 11.9 Å². The maximum Gasteiger partial charge on any atom is 0.328 e. The van der Waals surface area contributed by atoms with Gasteiger partial charge in [-0.05, 0) is 52.0 Å². The normalized spacial score (nSPS) is 31.9. The molecule has 2 saturated heterocycles. The SMILES string of the molecule is COC(=O)C1CCCCN1C(=O)C1(C)CCCCN1. The minimum Gasteiger partial charge on any atom is -0.467 e. The number of esters is 1. The second-order valence-electron chi connectivity index (χ2n) is 5.75. The third-order valence-electron chi connectivity index (χ3n) is 4.33. The van der Waals surface area contributed by atoms with E-state index in [1.807, 2.05) is 6.92 Å². The first-order valence-electron chi connectivity index (χ1n) is 7.22. The van der Waals surface area contributed by atoms with Crippen LogP contribution in [0.1, 0.15) is 45.4 Å². The minimum absolute atomic E-state index is 0.0577. The Hall–Kier alpha value is -1.10. The average molecular weight is 268 g/mol. The molecule has 2 fully saturated rings. The first-order chi connectivity index (χ1) is 9.08. The third kappa shape index (κ3) is 2.91. The molecule has 0 saturated carbocycles. The van der Waals surface area contributed by atoms with Gasteiger partial charge < -0.3 is 15.0 Å². The molecule has 5 nitrogen and oxygen atoms in total. The fourth-order valence-corrected chi connectivity index (χ4v) is 3.11. The number of nitrogens with one attached hydrogen (secondary N) is 1. The van der Waals surface area contributed by atoms with Crippen LogP contribution in [0, 0.1) is 0 Å². The van der Waals surface area contributed by atoms with E-state index in [9.17, 15) is 9.59 Å². The fourth-order valence-electron chi connectivity index (χ4n) is 3.11. The Balaban J connectivity index is 2.12. The Bertz CT molecular complexity index is 351. The summed E-state index contributed by atoms with van der Waals surface area (Å²) in [5.74, 6) is -0.227. The molecule has 0 radical (unpaired) electrons. The summed E-state index contributed by atoms with van der Waals surface area (Å²) in [6.07, 6.45) is 5.68. The van der Waals surface area contributed by atoms with Crippen LogP contribution in [-0.2, 0) is 14.3 Å². The van der Waals surface area contributed by atoms with E-state index < -0.39 is 11.6 Å². The Kier molecular flexibility index (Phi) is 4.45. The monoisotopic (exact) mass is 268 g/mol. The van der Waals surface area contributed by atoms with Gasteiger partial charge in [0.2, 0.25) is 5.91 Å². The Morgan fingerprint density at radius 2 is 2.05 bits per heavy atom. The highest BCUT2D eigenvalue weighted by atomic mass is 16.5. The van der Waals surface area contributed by atoms with E-state index >= 15 is 0 Å². The highest BCUT2D eigenvalue weighted by Crippen LogP contribution is 2.26. The topological polar surface area (TPSA) is 58.6 Å². The van der Waals surface area contributed by atoms with Gasteiger partial charge in [-0.1, -0.05) is 0 Å². The highest BCUT2D eigenvalue weighted by molar-refractivity contribution is 5.90. The molecule has 2 aliphatic rings. The molecule has 1 N–H and O–H groups in total. The first-order valence-corrected chi connectivity index (χ1v) is 7.22. The summed E-state index contributed by atoms with van der Waals surface area (Å²) in [6, 6.07) is -0.396. The molecule has 19 heavy (non-hydrogen) atoms. The Labute approximate surface area is 114 Å². The Morgan fingerprint density at radius 3 is 2.68 bits per heavy atom. The largest absolute Gasteiger partial charge is 0.467 e. The summed E-state index contributed by atoms with van der Waals surface area (Å²) in [7, 11) is 1.39. The van der Waals surface area contributed by atoms with Crippen LogP contribution in [0.25, 0.3) is 0 Å². The van der Waals surface area contributed by atoms with Gasteiger partial charge in [0, 0.05) is 6.54 Å². The zero-order valence-corrected chi connectivity index (χ0v) is 11.9. The van der Waals surface area contributed by atoms with Crippen LogP contribution in [0.4, 0.5) is 0 Å². The number of methoxy groups -OCH3 is 1. The van der Waals surface area contributed by atoms with Gasteiger partial charge in [-0.3, -0.25) is 4.79 Å². The molecule has 5 heteroatoms. The highest BCUT2D eigenvalue weighted by Gasteiger charge is 2.42. The van der Waals surface area contributed by atoms with Gasteiger partial charge in [0.15, 0.2) is 0 Å². The van der Waals surface area contributed by atoms with Crippen LogP contribution in [0.15, 0.2) is 0 Å². The third-order valence-corrected chi connectivity index (χ3v) is 4.33. The lowest BCUT2D eigenvalue weighted by Gasteiger charge is -2.42. The van der Waals surface area contributed by atoms with Gasteiger partial charge in [-0.2, -0.15) is 0 Å². The van der Waals surface area contributed by atoms with Crippen molar-refractivity contribution in [1.29, 1.82) is 0 Å². The van der Waals surface area contributed by atoms with Crippen LogP contribution < -0.4 is 5.32 Å². The zero-order chi connectivity index (χ0) is 13.9. The second kappa shape index (κ2) is 5.90. The van der Waals surface area contributed by atoms with Crippen molar-refractivity contribution in [3.8, 4) is 0 Å². The average Bonchev–Trinajstić information content (AvgIpc) is 2.46. The number of carbonyl (C=O) groups is 2. The van der Waals surface area contributed by atoms with Gasteiger partial charge in [-0.15, -0.1) is 0 Å². The quantitative estimate of drug-likeness (QED) is 0.761. The van der Waals surface area contributed by atoms with E-state index in [2.05, 4.69) is 5.32 Å². The lowest BCUT2D eigenvalue weighted by Crippen LogP contribution is -2.62. The summed E-state index contributed by atoms with van der Waals surface area (Å²) < 4.78 is 4.84. The maximum absolute atomic E-state index is 12.8. The summed E-state index contributed by atoms with van der Waals surface area (Å²) in [5, 5.41) is 3.33. The summed E-state index contributed by atoms with van der Waals surface area (Å²) in [6.45, 7) is 3.49. The van der Waals surface area contributed by atoms with Gasteiger partial charge >= 0.3 is 5.97 Å². The first kappa shape index (κ1) is 14.3. The summed E-state index contributed by atoms with van der Waals surface area (Å²) >= 11 is 0. The molecule has 1 amide bonds. The molecule has 0 aliphatic carbocycles. The number of hydrogen-bond donors (Lipinski definition) is 1. The number of piperidine rings is 2. The molecule has 2 aliphatic heterocycles. The van der Waals surface area contributed by atoms with E-state index in [-0.39, 0.29) is 11.9 Å². The molecule has 0 aromatic rings. The van der Waals surface area contributed by atoms with Crippen molar-refractivity contribution in [3.05, 3.63) is 0 Å². The van der Waals surface area contributed by atoms with Crippen molar-refractivity contribution in [1.82, 2.24) is 10.2 Å². The van der Waals surface area contributed by atoms with E-state index in [4.69, 9.17) is 4.74 Å². The van der Waals surface area contributed by atoms with Gasteiger partial charge in [0.1, 0.15) is 6.04 Å². The van der Waals surface area contributed by atoms with E-state index in [1.54, 1.807) is 4.90 Å². The predicted molar refractivity (Wildman–Crippen MR) is 71.6 cm³/mol. The number of ether oxygens (including phenoxy) is 1. The van der Waals surface area contributed by atoms with Crippen LogP contribution >= 0.6 is 0 Å². The van der Waals surface area contributed by atoms with Crippen LogP contribution in [0.3, 0.4) is 0 Å². The summed E-state index contributed by atoms with van der Waals surface area (Å²) in [4.78, 5) is 26.3. The van der Waals surface area contributed by atoms with Crippen molar-refractivity contribution in [2.45, 2.75) is 57.0 Å². The van der Waals surface area contributed by atoms with Crippen LogP contribution in [0.5, 0.6) is 0 Å². The zero-order valence-electron chi connectivity index (χ0n) is 11.9. The smallest absolute Gasteiger partial charge is 0.328 e. The lowest BCUT2D eigenvalue weighted by atomic mass is 9.88. The molecule has 2 atom stereocenters. The Morgan fingerprint density at radius 1 is 1.26 bits per heavy atom. The number of rotatable bonds is 2. The number of likely N-dealkylation sites (tertiary alicyclic amines) is 1. The molecular formula is C14H24N2O3. The van der Waals surface area contributed by atoms with Crippen molar-refractivity contribution in [3.63, 3.8) is 0 Å². The van der Waals surface area contributed by atoms with Crippen molar-refractivity contribution in [2.24, 2.45) is 0 Å². The maximum atomic E-state index is 12.8. The molecule has 0 aromatic carbocycles. The molecular weight excluding hydrogens is 244 g/mol. The molecule has 0 spiro atoms. The number of carbonyl (C=O) groups excluding carboxylic acids is 2. The standard InChI is InChI=1S/C14H24N2O3/c1-14(8-4-5-9-15-14)13(18)16-10-6-3-7-11(16)12(17)19-2/h11,15H,3-10H2,1-2H3. The van der Waals surface area contributed by atoms with Crippen LogP contribution in [-0.4, -0.2) is 48.6 Å². The molecule has 2 rings (SSSR count). The minimum atomic E-state index is -0.512.